The van der Waals surface area contributed by atoms with E-state index in [1.807, 2.05) is 0 Å². The minimum Gasteiger partial charge on any atom is -0.339 e. The van der Waals surface area contributed by atoms with Gasteiger partial charge in [-0.15, -0.1) is 0 Å². The zero-order valence-corrected chi connectivity index (χ0v) is 14.1. The molecule has 124 valence electrons. The highest BCUT2D eigenvalue weighted by molar-refractivity contribution is 5.54. The summed E-state index contributed by atoms with van der Waals surface area (Å²) in [5.74, 6) is 1.86. The van der Waals surface area contributed by atoms with Crippen molar-refractivity contribution in [3.05, 3.63) is 35.7 Å². The standard InChI is InChI=1S/C19H27N3O/c1-2-3-4-5-6-7-8-15-9-11-16(12-10-15)18-21-19(23-22-18)17-13-20-14-17/h9-12,17,20H,2-8,13-14H2,1H3. The zero-order chi connectivity index (χ0) is 15.9. The first-order valence-corrected chi connectivity index (χ1v) is 9.00. The normalized spacial score (nSPS) is 14.8. The second-order valence-electron chi connectivity index (χ2n) is 6.53. The number of nitrogens with zero attached hydrogens (tertiary/aromatic N) is 2. The van der Waals surface area contributed by atoms with E-state index < -0.39 is 0 Å². The van der Waals surface area contributed by atoms with Gasteiger partial charge in [0, 0.05) is 18.7 Å². The van der Waals surface area contributed by atoms with E-state index in [0.717, 1.165) is 31.0 Å². The molecule has 1 aromatic heterocycles. The van der Waals surface area contributed by atoms with Crippen molar-refractivity contribution in [3.8, 4) is 11.4 Å². The lowest BCUT2D eigenvalue weighted by atomic mass is 10.0. The Kier molecular flexibility index (Phi) is 5.81. The Hall–Kier alpha value is -1.68. The summed E-state index contributed by atoms with van der Waals surface area (Å²) in [5, 5.41) is 7.33. The highest BCUT2D eigenvalue weighted by Gasteiger charge is 2.25. The largest absolute Gasteiger partial charge is 0.339 e. The molecule has 4 heteroatoms. The molecular weight excluding hydrogens is 286 g/mol. The molecule has 1 saturated heterocycles. The van der Waals surface area contributed by atoms with Gasteiger partial charge in [-0.2, -0.15) is 4.98 Å². The first kappa shape index (κ1) is 16.2. The summed E-state index contributed by atoms with van der Waals surface area (Å²) >= 11 is 0. The number of unbranched alkanes of at least 4 members (excludes halogenated alkanes) is 5. The second-order valence-corrected chi connectivity index (χ2v) is 6.53. The molecule has 0 aliphatic carbocycles. The lowest BCUT2D eigenvalue weighted by molar-refractivity contribution is 0.308. The van der Waals surface area contributed by atoms with Gasteiger partial charge in [-0.1, -0.05) is 68.4 Å². The highest BCUT2D eigenvalue weighted by atomic mass is 16.5. The Bertz CT molecular complexity index is 587. The van der Waals surface area contributed by atoms with E-state index in [9.17, 15) is 0 Å². The third-order valence-electron chi connectivity index (χ3n) is 4.60. The van der Waals surface area contributed by atoms with Crippen LogP contribution < -0.4 is 5.32 Å². The maximum atomic E-state index is 5.36. The fourth-order valence-corrected chi connectivity index (χ4v) is 2.91. The van der Waals surface area contributed by atoms with Crippen LogP contribution in [0.1, 0.15) is 62.8 Å². The Balaban J connectivity index is 1.47. The predicted molar refractivity (Wildman–Crippen MR) is 92.4 cm³/mol. The van der Waals surface area contributed by atoms with Crippen LogP contribution in [0.15, 0.2) is 28.8 Å². The average molecular weight is 313 g/mol. The van der Waals surface area contributed by atoms with E-state index in [1.54, 1.807) is 0 Å². The minimum absolute atomic E-state index is 0.392. The lowest BCUT2D eigenvalue weighted by Gasteiger charge is -2.22. The smallest absolute Gasteiger partial charge is 0.232 e. The van der Waals surface area contributed by atoms with E-state index in [4.69, 9.17) is 4.52 Å². The molecule has 2 heterocycles. The fourth-order valence-electron chi connectivity index (χ4n) is 2.91. The van der Waals surface area contributed by atoms with E-state index in [1.165, 1.54) is 44.1 Å². The number of nitrogens with one attached hydrogen (secondary N) is 1. The predicted octanol–water partition coefficient (Wildman–Crippen LogP) is 4.33. The van der Waals surface area contributed by atoms with Crippen LogP contribution >= 0.6 is 0 Å². The van der Waals surface area contributed by atoms with Crippen LogP contribution in [0.3, 0.4) is 0 Å². The van der Waals surface area contributed by atoms with Crippen LogP contribution in [0.5, 0.6) is 0 Å². The van der Waals surface area contributed by atoms with Gasteiger partial charge in [-0.25, -0.2) is 0 Å². The Morgan fingerprint density at radius 2 is 1.78 bits per heavy atom. The second kappa shape index (κ2) is 8.25. The van der Waals surface area contributed by atoms with E-state index in [-0.39, 0.29) is 0 Å². The van der Waals surface area contributed by atoms with Crippen molar-refractivity contribution in [2.75, 3.05) is 13.1 Å². The van der Waals surface area contributed by atoms with Crippen LogP contribution in [0.2, 0.25) is 0 Å². The molecule has 0 spiro atoms. The molecule has 1 aliphatic heterocycles. The van der Waals surface area contributed by atoms with Crippen LogP contribution in [0.4, 0.5) is 0 Å². The Labute approximate surface area is 138 Å². The Morgan fingerprint density at radius 3 is 2.48 bits per heavy atom. The van der Waals surface area contributed by atoms with Gasteiger partial charge in [0.15, 0.2) is 0 Å². The number of rotatable bonds is 9. The van der Waals surface area contributed by atoms with Gasteiger partial charge in [0.1, 0.15) is 0 Å². The number of aryl methyl sites for hydroxylation is 1. The summed E-state index contributed by atoms with van der Waals surface area (Å²) < 4.78 is 5.36. The van der Waals surface area contributed by atoms with Gasteiger partial charge in [0.2, 0.25) is 11.7 Å². The van der Waals surface area contributed by atoms with Gasteiger partial charge >= 0.3 is 0 Å². The zero-order valence-electron chi connectivity index (χ0n) is 14.1. The molecule has 3 rings (SSSR count). The van der Waals surface area contributed by atoms with Crippen LogP contribution in [-0.4, -0.2) is 23.2 Å². The topological polar surface area (TPSA) is 51.0 Å². The maximum absolute atomic E-state index is 5.36. The first-order chi connectivity index (χ1) is 11.4. The maximum Gasteiger partial charge on any atom is 0.232 e. The summed E-state index contributed by atoms with van der Waals surface area (Å²) in [7, 11) is 0. The molecular formula is C19H27N3O. The fraction of sp³-hybridized carbons (Fsp3) is 0.579. The van der Waals surface area contributed by atoms with Gasteiger partial charge in [0.05, 0.1) is 5.92 Å². The van der Waals surface area contributed by atoms with Gasteiger partial charge in [0.25, 0.3) is 0 Å². The molecule has 0 saturated carbocycles. The summed E-state index contributed by atoms with van der Waals surface area (Å²) in [5.41, 5.74) is 2.44. The van der Waals surface area contributed by atoms with Crippen molar-refractivity contribution < 1.29 is 4.52 Å². The highest BCUT2D eigenvalue weighted by Crippen LogP contribution is 2.22. The molecule has 0 unspecified atom stereocenters. The summed E-state index contributed by atoms with van der Waals surface area (Å²) in [6.45, 7) is 4.15. The summed E-state index contributed by atoms with van der Waals surface area (Å²) in [4.78, 5) is 4.52. The van der Waals surface area contributed by atoms with Crippen molar-refractivity contribution >= 4 is 0 Å². The van der Waals surface area contributed by atoms with Crippen molar-refractivity contribution in [3.63, 3.8) is 0 Å². The SMILES string of the molecule is CCCCCCCCc1ccc(-c2noc(C3CNC3)n2)cc1. The molecule has 1 fully saturated rings. The first-order valence-electron chi connectivity index (χ1n) is 9.00. The van der Waals surface area contributed by atoms with Crippen LogP contribution in [0.25, 0.3) is 11.4 Å². The van der Waals surface area contributed by atoms with Crippen molar-refractivity contribution in [2.45, 2.75) is 57.8 Å². The quantitative estimate of drug-likeness (QED) is 0.700. The van der Waals surface area contributed by atoms with Crippen LogP contribution in [0, 0.1) is 0 Å². The number of hydrogen-bond donors (Lipinski definition) is 1. The van der Waals surface area contributed by atoms with Crippen molar-refractivity contribution in [1.29, 1.82) is 0 Å². The van der Waals surface area contributed by atoms with Gasteiger partial charge in [-0.3, -0.25) is 0 Å². The lowest BCUT2D eigenvalue weighted by Crippen LogP contribution is -2.40. The van der Waals surface area contributed by atoms with Crippen LogP contribution in [-0.2, 0) is 6.42 Å². The van der Waals surface area contributed by atoms with E-state index in [2.05, 4.69) is 46.6 Å². The average Bonchev–Trinajstić information content (AvgIpc) is 2.99. The summed E-state index contributed by atoms with van der Waals surface area (Å²) in [6, 6.07) is 8.62. The number of benzene rings is 1. The monoisotopic (exact) mass is 313 g/mol. The van der Waals surface area contributed by atoms with Gasteiger partial charge in [-0.05, 0) is 18.4 Å². The van der Waals surface area contributed by atoms with Crippen molar-refractivity contribution in [2.24, 2.45) is 0 Å². The molecule has 0 atom stereocenters. The van der Waals surface area contributed by atoms with Gasteiger partial charge < -0.3 is 9.84 Å². The minimum atomic E-state index is 0.392. The number of hydrogen-bond acceptors (Lipinski definition) is 4. The molecule has 23 heavy (non-hydrogen) atoms. The molecule has 1 aliphatic rings. The number of aromatic nitrogens is 2. The molecule has 0 bridgehead atoms. The summed E-state index contributed by atoms with van der Waals surface area (Å²) in [6.07, 6.45) is 9.22. The molecule has 1 aromatic carbocycles. The third kappa shape index (κ3) is 4.41. The van der Waals surface area contributed by atoms with E-state index >= 15 is 0 Å². The molecule has 1 N–H and O–H groups in total. The van der Waals surface area contributed by atoms with E-state index in [0.29, 0.717) is 11.7 Å². The molecule has 0 amide bonds. The molecule has 0 radical (unpaired) electrons. The Morgan fingerprint density at radius 1 is 1.04 bits per heavy atom. The molecule has 2 aromatic rings. The van der Waals surface area contributed by atoms with Crippen molar-refractivity contribution in [1.82, 2.24) is 15.5 Å². The molecule has 4 nitrogen and oxygen atoms in total. The third-order valence-corrected chi connectivity index (χ3v) is 4.60.